The van der Waals surface area contributed by atoms with Gasteiger partial charge in [0.05, 0.1) is 11.5 Å². The van der Waals surface area contributed by atoms with Crippen LogP contribution in [0.2, 0.25) is 0 Å². The SMILES string of the molecule is C[C@@H](c1ccc(-c2nc([C@@H]3CC[C@@H]4C(C(F)(F)F)CC(=O)N4C3)n3ccnc(N)c23)cc1)c1cccc(C(F)(F)F)c1. The van der Waals surface area contributed by atoms with Gasteiger partial charge >= 0.3 is 12.4 Å². The number of benzene rings is 2. The summed E-state index contributed by atoms with van der Waals surface area (Å²) in [6.45, 7) is 1.96. The molecule has 2 N–H and O–H groups in total. The van der Waals surface area contributed by atoms with Crippen LogP contribution in [0.4, 0.5) is 32.2 Å². The van der Waals surface area contributed by atoms with Gasteiger partial charge in [-0.15, -0.1) is 0 Å². The maximum absolute atomic E-state index is 13.5. The van der Waals surface area contributed by atoms with Crippen molar-refractivity contribution in [3.63, 3.8) is 0 Å². The predicted molar refractivity (Wildman–Crippen MR) is 143 cm³/mol. The maximum Gasteiger partial charge on any atom is 0.416 e. The molecule has 2 aliphatic heterocycles. The molecule has 42 heavy (non-hydrogen) atoms. The number of nitrogens with zero attached hydrogens (tertiary/aromatic N) is 4. The van der Waals surface area contributed by atoms with Gasteiger partial charge in [0, 0.05) is 48.8 Å². The van der Waals surface area contributed by atoms with Crippen LogP contribution in [0.25, 0.3) is 16.8 Å². The van der Waals surface area contributed by atoms with Gasteiger partial charge < -0.3 is 10.6 Å². The van der Waals surface area contributed by atoms with Crippen molar-refractivity contribution in [2.45, 2.75) is 56.4 Å². The first-order chi connectivity index (χ1) is 19.8. The predicted octanol–water partition coefficient (Wildman–Crippen LogP) is 6.81. The molecule has 2 aromatic heterocycles. The summed E-state index contributed by atoms with van der Waals surface area (Å²) in [6.07, 6.45) is -5.55. The first kappa shape index (κ1) is 28.0. The second-order valence-corrected chi connectivity index (χ2v) is 11.1. The van der Waals surface area contributed by atoms with Crippen LogP contribution >= 0.6 is 0 Å². The van der Waals surface area contributed by atoms with Crippen molar-refractivity contribution in [2.75, 3.05) is 12.3 Å². The second-order valence-electron chi connectivity index (χ2n) is 11.1. The van der Waals surface area contributed by atoms with Crippen LogP contribution in [-0.2, 0) is 11.0 Å². The number of hydrogen-bond donors (Lipinski definition) is 1. The maximum atomic E-state index is 13.5. The second kappa shape index (κ2) is 10.0. The number of anilines is 1. The lowest BCUT2D eigenvalue weighted by atomic mass is 9.87. The molecule has 12 heteroatoms. The molecule has 2 aromatic carbocycles. The van der Waals surface area contributed by atoms with Gasteiger partial charge in [-0.25, -0.2) is 9.97 Å². The van der Waals surface area contributed by atoms with E-state index in [2.05, 4.69) is 4.98 Å². The molecule has 0 aliphatic carbocycles. The highest BCUT2D eigenvalue weighted by Crippen LogP contribution is 2.45. The lowest BCUT2D eigenvalue weighted by Gasteiger charge is -2.37. The minimum atomic E-state index is -4.44. The Morgan fingerprint density at radius 2 is 1.74 bits per heavy atom. The average molecular weight is 588 g/mol. The number of amides is 1. The van der Waals surface area contributed by atoms with Crippen molar-refractivity contribution < 1.29 is 31.1 Å². The molecule has 1 unspecified atom stereocenters. The number of piperidine rings is 1. The highest BCUT2D eigenvalue weighted by molar-refractivity contribution is 5.85. The Morgan fingerprint density at radius 3 is 2.43 bits per heavy atom. The smallest absolute Gasteiger partial charge is 0.382 e. The standard InChI is InChI=1S/C30H27F6N5O/c1-16(19-3-2-4-21(13-19)29(31,32)33)17-5-7-18(8-6-17)25-26-27(37)38-11-12-40(26)28(39-25)20-9-10-23-22(30(34,35)36)14-24(42)41(23)15-20/h2-8,11-13,16,20,22-23H,9-10,14-15H2,1H3,(H2,37,38)/t16-,20+,22?,23+/m0/s1. The number of imidazole rings is 1. The van der Waals surface area contributed by atoms with E-state index in [9.17, 15) is 31.1 Å². The number of aromatic nitrogens is 3. The van der Waals surface area contributed by atoms with Crippen LogP contribution in [0.1, 0.15) is 60.5 Å². The topological polar surface area (TPSA) is 76.5 Å². The minimum absolute atomic E-state index is 0.129. The van der Waals surface area contributed by atoms with Gasteiger partial charge in [-0.1, -0.05) is 49.4 Å². The molecular weight excluding hydrogens is 560 g/mol. The molecule has 4 atom stereocenters. The fourth-order valence-electron chi connectivity index (χ4n) is 6.37. The van der Waals surface area contributed by atoms with Gasteiger partial charge in [0.15, 0.2) is 0 Å². The lowest BCUT2D eigenvalue weighted by Crippen LogP contribution is -2.45. The van der Waals surface area contributed by atoms with Crippen molar-refractivity contribution in [1.29, 1.82) is 0 Å². The van der Waals surface area contributed by atoms with Crippen molar-refractivity contribution in [2.24, 2.45) is 5.92 Å². The Morgan fingerprint density at radius 1 is 1.00 bits per heavy atom. The van der Waals surface area contributed by atoms with Gasteiger partial charge in [0.2, 0.25) is 5.91 Å². The van der Waals surface area contributed by atoms with E-state index in [1.54, 1.807) is 16.7 Å². The van der Waals surface area contributed by atoms with Crippen LogP contribution in [-0.4, -0.2) is 43.9 Å². The van der Waals surface area contributed by atoms with Gasteiger partial charge in [-0.3, -0.25) is 9.20 Å². The summed E-state index contributed by atoms with van der Waals surface area (Å²) in [5.41, 5.74) is 8.64. The Balaban J connectivity index is 1.31. The number of rotatable bonds is 4. The highest BCUT2D eigenvalue weighted by Gasteiger charge is 2.55. The van der Waals surface area contributed by atoms with Gasteiger partial charge in [0.1, 0.15) is 22.9 Å². The lowest BCUT2D eigenvalue weighted by molar-refractivity contribution is -0.182. The molecule has 6 nitrogen and oxygen atoms in total. The fraction of sp³-hybridized carbons (Fsp3) is 0.367. The molecule has 6 rings (SSSR count). The summed E-state index contributed by atoms with van der Waals surface area (Å²) in [5, 5.41) is 0. The number of carbonyl (C=O) groups is 1. The van der Waals surface area contributed by atoms with E-state index in [1.807, 2.05) is 31.2 Å². The quantitative estimate of drug-likeness (QED) is 0.266. The number of nitrogens with two attached hydrogens (primary N) is 1. The number of fused-ring (bicyclic) bond motifs is 2. The molecule has 2 saturated heterocycles. The van der Waals surface area contributed by atoms with E-state index in [0.29, 0.717) is 34.6 Å². The summed E-state index contributed by atoms with van der Waals surface area (Å²) in [5.74, 6) is -1.97. The number of nitrogen functional groups attached to an aromatic ring is 1. The zero-order chi connectivity index (χ0) is 30.0. The Hall–Kier alpha value is -4.09. The molecule has 2 aliphatic rings. The number of halogens is 6. The monoisotopic (exact) mass is 587 g/mol. The van der Waals surface area contributed by atoms with Crippen LogP contribution in [0.5, 0.6) is 0 Å². The van der Waals surface area contributed by atoms with E-state index in [4.69, 9.17) is 10.7 Å². The molecule has 4 aromatic rings. The summed E-state index contributed by atoms with van der Waals surface area (Å²) in [4.78, 5) is 23.0. The third-order valence-corrected chi connectivity index (χ3v) is 8.60. The summed E-state index contributed by atoms with van der Waals surface area (Å²) >= 11 is 0. The Labute approximate surface area is 237 Å². The first-order valence-electron chi connectivity index (χ1n) is 13.6. The largest absolute Gasteiger partial charge is 0.416 e. The van der Waals surface area contributed by atoms with Crippen LogP contribution in [0, 0.1) is 5.92 Å². The molecule has 0 spiro atoms. The third kappa shape index (κ3) is 4.86. The molecule has 2 fully saturated rings. The molecular formula is C30H27F6N5O. The van der Waals surface area contributed by atoms with E-state index in [1.165, 1.54) is 17.2 Å². The molecule has 4 heterocycles. The Bertz CT molecular complexity index is 1640. The highest BCUT2D eigenvalue weighted by atomic mass is 19.4. The molecule has 220 valence electrons. The molecule has 0 radical (unpaired) electrons. The van der Waals surface area contributed by atoms with Gasteiger partial charge in [-0.05, 0) is 30.0 Å². The van der Waals surface area contributed by atoms with Crippen LogP contribution < -0.4 is 5.73 Å². The molecule has 0 bridgehead atoms. The summed E-state index contributed by atoms with van der Waals surface area (Å²) in [6, 6.07) is 11.6. The van der Waals surface area contributed by atoms with Crippen LogP contribution in [0.3, 0.4) is 0 Å². The fourth-order valence-corrected chi connectivity index (χ4v) is 6.37. The number of hydrogen-bond acceptors (Lipinski definition) is 4. The van der Waals surface area contributed by atoms with E-state index in [-0.39, 0.29) is 30.6 Å². The van der Waals surface area contributed by atoms with Crippen LogP contribution in [0.15, 0.2) is 60.9 Å². The van der Waals surface area contributed by atoms with Crippen molar-refractivity contribution in [3.8, 4) is 11.3 Å². The third-order valence-electron chi connectivity index (χ3n) is 8.60. The van der Waals surface area contributed by atoms with E-state index < -0.39 is 42.2 Å². The molecule has 0 saturated carbocycles. The van der Waals surface area contributed by atoms with Crippen molar-refractivity contribution in [1.82, 2.24) is 19.3 Å². The zero-order valence-electron chi connectivity index (χ0n) is 22.5. The van der Waals surface area contributed by atoms with Gasteiger partial charge in [-0.2, -0.15) is 26.3 Å². The van der Waals surface area contributed by atoms with E-state index >= 15 is 0 Å². The van der Waals surface area contributed by atoms with Crippen molar-refractivity contribution >= 4 is 17.2 Å². The Kier molecular flexibility index (Phi) is 6.69. The number of alkyl halides is 6. The average Bonchev–Trinajstić information content (AvgIpc) is 3.51. The van der Waals surface area contributed by atoms with Gasteiger partial charge in [0.25, 0.3) is 0 Å². The number of carbonyl (C=O) groups excluding carboxylic acids is 1. The minimum Gasteiger partial charge on any atom is -0.382 e. The van der Waals surface area contributed by atoms with E-state index in [0.717, 1.165) is 17.7 Å². The van der Waals surface area contributed by atoms with Crippen molar-refractivity contribution in [3.05, 3.63) is 83.4 Å². The summed E-state index contributed by atoms with van der Waals surface area (Å²) < 4.78 is 82.1. The molecule has 1 amide bonds. The zero-order valence-corrected chi connectivity index (χ0v) is 22.5. The summed E-state index contributed by atoms with van der Waals surface area (Å²) in [7, 11) is 0. The first-order valence-corrected chi connectivity index (χ1v) is 13.6. The normalized spacial score (nSPS) is 22.0.